The van der Waals surface area contributed by atoms with E-state index in [0.29, 0.717) is 57.6 Å². The molecule has 0 unspecified atom stereocenters. The van der Waals surface area contributed by atoms with E-state index in [0.717, 1.165) is 31.5 Å². The van der Waals surface area contributed by atoms with Crippen molar-refractivity contribution in [1.82, 2.24) is 19.9 Å². The van der Waals surface area contributed by atoms with E-state index >= 15 is 8.78 Å². The Morgan fingerprint density at radius 2 is 1.81 bits per heavy atom. The molecule has 8 rings (SSSR count). The zero-order valence-electron chi connectivity index (χ0n) is 25.5. The third-order valence-corrected chi connectivity index (χ3v) is 13.6. The van der Waals surface area contributed by atoms with Gasteiger partial charge in [-0.15, -0.1) is 0 Å². The van der Waals surface area contributed by atoms with E-state index in [9.17, 15) is 22.3 Å². The summed E-state index contributed by atoms with van der Waals surface area (Å²) in [6, 6.07) is 4.44. The number of fused-ring (bicyclic) bond motifs is 3. The Kier molecular flexibility index (Phi) is 7.07. The number of anilines is 1. The summed E-state index contributed by atoms with van der Waals surface area (Å²) in [7, 11) is -3.24. The van der Waals surface area contributed by atoms with Crippen molar-refractivity contribution in [2.24, 2.45) is 0 Å². The maximum Gasteiger partial charge on any atom is 0.319 e. The first-order valence-electron chi connectivity index (χ1n) is 16.0. The van der Waals surface area contributed by atoms with E-state index in [1.807, 2.05) is 4.90 Å². The number of pyridine rings is 1. The number of benzene rings is 2. The van der Waals surface area contributed by atoms with Gasteiger partial charge in [-0.2, -0.15) is 9.97 Å². The van der Waals surface area contributed by atoms with Crippen LogP contribution in [0.3, 0.4) is 0 Å². The molecular formula is C33H33F4N5O4S. The number of phenols is 1. The number of hydrogen-bond donors (Lipinski definition) is 1. The van der Waals surface area contributed by atoms with Gasteiger partial charge in [-0.1, -0.05) is 6.07 Å². The second-order valence-corrected chi connectivity index (χ2v) is 15.9. The largest absolute Gasteiger partial charge is 0.508 e. The number of rotatable bonds is 5. The molecule has 0 bridgehead atoms. The third kappa shape index (κ3) is 4.81. The van der Waals surface area contributed by atoms with Crippen LogP contribution in [0, 0.1) is 17.5 Å². The molecule has 2 aromatic carbocycles. The highest BCUT2D eigenvalue weighted by Gasteiger charge is 2.50. The summed E-state index contributed by atoms with van der Waals surface area (Å²) < 4.78 is 91.8. The lowest BCUT2D eigenvalue weighted by atomic mass is 9.91. The maximum atomic E-state index is 16.7. The Balaban J connectivity index is 1.24. The lowest BCUT2D eigenvalue weighted by Crippen LogP contribution is -2.47. The molecule has 4 aliphatic rings. The summed E-state index contributed by atoms with van der Waals surface area (Å²) >= 11 is 0. The van der Waals surface area contributed by atoms with Crippen LogP contribution >= 0.6 is 0 Å². The SMILES string of the molecule is O=S1(=O)CCCC12CCN(c1nc(OC[C@@]34CCCN3C[C@H](F)C4)nc3c(F)c(-c4cc(O)cc5ccc(F)c(F)c45)ncc13)CC2. The van der Waals surface area contributed by atoms with E-state index < -0.39 is 43.7 Å². The molecule has 0 amide bonds. The van der Waals surface area contributed by atoms with Gasteiger partial charge in [-0.05, 0) is 68.7 Å². The molecule has 0 radical (unpaired) electrons. The van der Waals surface area contributed by atoms with Gasteiger partial charge in [0.05, 0.1) is 21.4 Å². The summed E-state index contributed by atoms with van der Waals surface area (Å²) in [6.07, 6.45) is 4.33. The van der Waals surface area contributed by atoms with Crippen LogP contribution in [0.2, 0.25) is 0 Å². The van der Waals surface area contributed by atoms with Crippen LogP contribution in [0.15, 0.2) is 30.5 Å². The minimum absolute atomic E-state index is 0.0982. The molecule has 2 atom stereocenters. The van der Waals surface area contributed by atoms with Gasteiger partial charge in [-0.3, -0.25) is 9.88 Å². The fourth-order valence-electron chi connectivity index (χ4n) is 8.37. The van der Waals surface area contributed by atoms with Gasteiger partial charge in [0.15, 0.2) is 27.3 Å². The van der Waals surface area contributed by atoms with Crippen LogP contribution in [-0.4, -0.2) is 88.4 Å². The molecule has 9 nitrogen and oxygen atoms in total. The van der Waals surface area contributed by atoms with Crippen molar-refractivity contribution in [2.75, 3.05) is 43.4 Å². The van der Waals surface area contributed by atoms with Gasteiger partial charge >= 0.3 is 6.01 Å². The van der Waals surface area contributed by atoms with Crippen molar-refractivity contribution in [2.45, 2.75) is 61.4 Å². The Morgan fingerprint density at radius 3 is 2.57 bits per heavy atom. The molecule has 2 aromatic heterocycles. The molecule has 0 saturated carbocycles. The highest BCUT2D eigenvalue weighted by molar-refractivity contribution is 7.93. The minimum Gasteiger partial charge on any atom is -0.508 e. The van der Waals surface area contributed by atoms with Crippen molar-refractivity contribution in [3.63, 3.8) is 0 Å². The highest BCUT2D eigenvalue weighted by atomic mass is 32.2. The molecule has 4 aromatic rings. The fourth-order valence-corrected chi connectivity index (χ4v) is 10.6. The predicted octanol–water partition coefficient (Wildman–Crippen LogP) is 5.47. The standard InChI is InChI=1S/C33H33F4N5O4S/c34-20-15-32(5-1-9-42(32)17-20)18-46-31-39-29-23(30(40-31)41-10-7-33(8-11-41)6-2-12-47(33,44)45)16-38-28(27(29)37)22-14-21(43)13-19-3-4-24(35)26(36)25(19)22/h3-4,13-14,16,20,43H,1-2,5-12,15,17-18H2/t20-,32+/m1/s1. The third-order valence-electron chi connectivity index (χ3n) is 10.8. The number of phenolic OH excluding ortho intramolecular Hbond substituents is 1. The zero-order valence-corrected chi connectivity index (χ0v) is 26.3. The van der Waals surface area contributed by atoms with Crippen LogP contribution in [-0.2, 0) is 9.84 Å². The summed E-state index contributed by atoms with van der Waals surface area (Å²) in [5.74, 6) is -3.12. The lowest BCUT2D eigenvalue weighted by Gasteiger charge is -2.39. The number of alkyl halides is 1. The molecule has 14 heteroatoms. The first kappa shape index (κ1) is 30.5. The van der Waals surface area contributed by atoms with Crippen LogP contribution in [0.25, 0.3) is 32.9 Å². The maximum absolute atomic E-state index is 16.7. The molecule has 0 aliphatic carbocycles. The van der Waals surface area contributed by atoms with Crippen molar-refractivity contribution >= 4 is 37.3 Å². The Bertz CT molecular complexity index is 2040. The molecule has 1 N–H and O–H groups in total. The summed E-state index contributed by atoms with van der Waals surface area (Å²) in [5.41, 5.74) is -1.22. The van der Waals surface area contributed by atoms with E-state index in [-0.39, 0.29) is 57.1 Å². The van der Waals surface area contributed by atoms with E-state index in [4.69, 9.17) is 4.74 Å². The van der Waals surface area contributed by atoms with Gasteiger partial charge in [0.25, 0.3) is 0 Å². The van der Waals surface area contributed by atoms with E-state index in [1.54, 1.807) is 0 Å². The van der Waals surface area contributed by atoms with Crippen LogP contribution in [0.5, 0.6) is 11.8 Å². The number of aromatic nitrogens is 3. The van der Waals surface area contributed by atoms with Gasteiger partial charge in [-0.25, -0.2) is 26.0 Å². The second kappa shape index (κ2) is 10.9. The molecule has 4 fully saturated rings. The monoisotopic (exact) mass is 671 g/mol. The topological polar surface area (TPSA) is 109 Å². The smallest absolute Gasteiger partial charge is 0.319 e. The number of sulfone groups is 1. The first-order valence-corrected chi connectivity index (χ1v) is 17.6. The van der Waals surface area contributed by atoms with E-state index in [2.05, 4.69) is 19.9 Å². The van der Waals surface area contributed by atoms with Gasteiger partial charge in [0, 0.05) is 43.2 Å². The van der Waals surface area contributed by atoms with Gasteiger partial charge < -0.3 is 14.7 Å². The Hall–Kier alpha value is -3.78. The number of aromatic hydroxyl groups is 1. The number of ether oxygens (including phenoxy) is 1. The fraction of sp³-hybridized carbons (Fsp3) is 0.485. The number of hydrogen-bond acceptors (Lipinski definition) is 9. The van der Waals surface area contributed by atoms with Crippen LogP contribution in [0.1, 0.15) is 44.9 Å². The minimum atomic E-state index is -3.24. The highest BCUT2D eigenvalue weighted by Crippen LogP contribution is 2.44. The quantitative estimate of drug-likeness (QED) is 0.277. The van der Waals surface area contributed by atoms with Crippen LogP contribution < -0.4 is 9.64 Å². The van der Waals surface area contributed by atoms with Crippen LogP contribution in [0.4, 0.5) is 23.4 Å². The molecular weight excluding hydrogens is 638 g/mol. The summed E-state index contributed by atoms with van der Waals surface area (Å²) in [6.45, 7) is 1.87. The van der Waals surface area contributed by atoms with Crippen molar-refractivity contribution in [3.8, 4) is 23.0 Å². The average Bonchev–Trinajstić information content (AvgIpc) is 3.66. The molecule has 4 saturated heterocycles. The summed E-state index contributed by atoms with van der Waals surface area (Å²) in [5, 5.41) is 10.5. The van der Waals surface area contributed by atoms with Crippen molar-refractivity contribution in [1.29, 1.82) is 0 Å². The molecule has 248 valence electrons. The van der Waals surface area contributed by atoms with Gasteiger partial charge in [0.1, 0.15) is 35.6 Å². The average molecular weight is 672 g/mol. The van der Waals surface area contributed by atoms with Crippen molar-refractivity contribution in [3.05, 3.63) is 47.9 Å². The predicted molar refractivity (Wildman–Crippen MR) is 168 cm³/mol. The molecule has 6 heterocycles. The Labute approximate surface area is 268 Å². The normalized spacial score (nSPS) is 25.3. The number of piperidine rings is 1. The second-order valence-electron chi connectivity index (χ2n) is 13.4. The molecule has 4 aliphatic heterocycles. The molecule has 47 heavy (non-hydrogen) atoms. The van der Waals surface area contributed by atoms with E-state index in [1.165, 1.54) is 18.3 Å². The number of nitrogens with zero attached hydrogens (tertiary/aromatic N) is 5. The summed E-state index contributed by atoms with van der Waals surface area (Å²) in [4.78, 5) is 17.4. The zero-order chi connectivity index (χ0) is 32.7. The molecule has 1 spiro atoms. The number of halogens is 4. The van der Waals surface area contributed by atoms with Crippen molar-refractivity contribution < 1.29 is 35.8 Å². The lowest BCUT2D eigenvalue weighted by molar-refractivity contribution is 0.107. The Morgan fingerprint density at radius 1 is 1.00 bits per heavy atom. The first-order chi connectivity index (χ1) is 22.5. The van der Waals surface area contributed by atoms with Gasteiger partial charge in [0.2, 0.25) is 0 Å².